The third-order valence-corrected chi connectivity index (χ3v) is 8.63. The molecule has 0 amide bonds. The molecule has 1 saturated heterocycles. The molecule has 5 heterocycles. The molecule has 2 unspecified atom stereocenters. The van der Waals surface area contributed by atoms with Crippen LogP contribution in [0, 0.1) is 11.7 Å². The summed E-state index contributed by atoms with van der Waals surface area (Å²) in [5, 5.41) is 0. The third-order valence-electron chi connectivity index (χ3n) is 7.21. The summed E-state index contributed by atoms with van der Waals surface area (Å²) in [6.45, 7) is 2.25. The van der Waals surface area contributed by atoms with E-state index in [4.69, 9.17) is 4.74 Å². The number of nitrogens with zero attached hydrogens (tertiary/aromatic N) is 4. The van der Waals surface area contributed by atoms with Crippen molar-refractivity contribution in [3.63, 3.8) is 0 Å². The first-order valence-corrected chi connectivity index (χ1v) is 14.0. The molecular formula is C25H28F4N4O2S. The van der Waals surface area contributed by atoms with Gasteiger partial charge in [-0.1, -0.05) is 6.08 Å². The molecule has 11 heteroatoms. The number of ether oxygens (including phenoxy) is 1. The van der Waals surface area contributed by atoms with Gasteiger partial charge in [0.15, 0.2) is 11.6 Å². The second-order valence-corrected chi connectivity index (χ2v) is 12.2. The Hall–Kier alpha value is -2.66. The number of pyridine rings is 2. The summed E-state index contributed by atoms with van der Waals surface area (Å²) in [5.41, 5.74) is 2.04. The first-order chi connectivity index (χ1) is 17.0. The van der Waals surface area contributed by atoms with E-state index in [0.29, 0.717) is 38.4 Å². The number of aromatic nitrogens is 2. The van der Waals surface area contributed by atoms with Gasteiger partial charge in [-0.15, -0.1) is 0 Å². The Labute approximate surface area is 208 Å². The summed E-state index contributed by atoms with van der Waals surface area (Å²) in [7, 11) is -2.22. The van der Waals surface area contributed by atoms with Crippen molar-refractivity contribution < 1.29 is 26.5 Å². The average molecular weight is 525 g/mol. The number of rotatable bonds is 4. The van der Waals surface area contributed by atoms with E-state index in [2.05, 4.69) is 28.0 Å². The molecule has 6 nitrogen and oxygen atoms in total. The lowest BCUT2D eigenvalue weighted by Gasteiger charge is -2.35. The van der Waals surface area contributed by atoms with Crippen LogP contribution in [0.4, 0.5) is 23.4 Å². The standard InChI is InChI=1S/C25H28F4N4O2S/c1-36(2,34)33-9-5-16(6-10-33)21-11-18-12-22(35-23(18)15-30-21)17-3-7-32(8-4-17)24-20(26)13-19(14-31-24)25(27,28)29/h5,11,13-15,17,22H,1,3-4,6-10,12H2,2H3. The molecule has 2 aromatic heterocycles. The summed E-state index contributed by atoms with van der Waals surface area (Å²) in [6, 6.07) is 2.58. The minimum Gasteiger partial charge on any atom is -0.488 e. The van der Waals surface area contributed by atoms with Crippen LogP contribution in [0.3, 0.4) is 0 Å². The van der Waals surface area contributed by atoms with Gasteiger partial charge >= 0.3 is 6.18 Å². The predicted molar refractivity (Wildman–Crippen MR) is 132 cm³/mol. The van der Waals surface area contributed by atoms with Crippen LogP contribution < -0.4 is 9.64 Å². The van der Waals surface area contributed by atoms with Gasteiger partial charge in [0, 0.05) is 60.3 Å². The maximum atomic E-state index is 14.4. The monoisotopic (exact) mass is 524 g/mol. The highest BCUT2D eigenvalue weighted by Gasteiger charge is 2.36. The lowest BCUT2D eigenvalue weighted by Crippen LogP contribution is -2.40. The van der Waals surface area contributed by atoms with Gasteiger partial charge in [0.25, 0.3) is 0 Å². The topological polar surface area (TPSA) is 58.6 Å². The summed E-state index contributed by atoms with van der Waals surface area (Å²) < 4.78 is 73.0. The van der Waals surface area contributed by atoms with Crippen LogP contribution in [0.25, 0.3) is 5.57 Å². The molecule has 5 rings (SSSR count). The summed E-state index contributed by atoms with van der Waals surface area (Å²) in [6.07, 6.45) is 4.48. The maximum absolute atomic E-state index is 14.4. The van der Waals surface area contributed by atoms with Gasteiger partial charge in [-0.3, -0.25) is 9.19 Å². The van der Waals surface area contributed by atoms with Crippen LogP contribution in [0.1, 0.15) is 36.1 Å². The highest BCUT2D eigenvalue weighted by atomic mass is 32.2. The van der Waals surface area contributed by atoms with Gasteiger partial charge in [0.1, 0.15) is 11.9 Å². The van der Waals surface area contributed by atoms with Crippen LogP contribution in [-0.4, -0.2) is 62.9 Å². The van der Waals surface area contributed by atoms with E-state index in [1.165, 1.54) is 0 Å². The van der Waals surface area contributed by atoms with Crippen molar-refractivity contribution in [2.45, 2.75) is 38.0 Å². The smallest absolute Gasteiger partial charge is 0.417 e. The van der Waals surface area contributed by atoms with Crippen molar-refractivity contribution in [2.75, 3.05) is 37.3 Å². The minimum atomic E-state index is -4.62. The Morgan fingerprint density at radius 1 is 1.14 bits per heavy atom. The SMILES string of the molecule is C=S(C)(=O)N1CC=C(c2cc3c(cn2)OC(C2CCN(c4ncc(C(F)(F)F)cc4F)CC2)C3)CC1. The lowest BCUT2D eigenvalue weighted by atomic mass is 9.88. The molecule has 194 valence electrons. The van der Waals surface area contributed by atoms with Crippen molar-refractivity contribution in [3.05, 3.63) is 53.2 Å². The van der Waals surface area contributed by atoms with E-state index in [0.717, 1.165) is 48.3 Å². The van der Waals surface area contributed by atoms with Gasteiger partial charge in [-0.25, -0.2) is 13.7 Å². The second-order valence-electron chi connectivity index (χ2n) is 9.72. The van der Waals surface area contributed by atoms with Gasteiger partial charge in [0.05, 0.1) is 17.5 Å². The molecular weight excluding hydrogens is 496 g/mol. The Balaban J connectivity index is 1.20. The zero-order valence-electron chi connectivity index (χ0n) is 19.9. The molecule has 3 aliphatic heterocycles. The highest BCUT2D eigenvalue weighted by molar-refractivity contribution is 7.97. The molecule has 0 bridgehead atoms. The van der Waals surface area contributed by atoms with Crippen LogP contribution in [0.5, 0.6) is 5.75 Å². The normalized spacial score (nSPS) is 23.1. The fraction of sp³-hybridized carbons (Fsp3) is 0.480. The predicted octanol–water partition coefficient (Wildman–Crippen LogP) is 4.20. The van der Waals surface area contributed by atoms with Crippen LogP contribution in [0.15, 0.2) is 30.6 Å². The highest BCUT2D eigenvalue weighted by Crippen LogP contribution is 2.38. The van der Waals surface area contributed by atoms with E-state index in [9.17, 15) is 21.8 Å². The van der Waals surface area contributed by atoms with E-state index in [1.807, 2.05) is 4.31 Å². The Bertz CT molecular complexity index is 1290. The van der Waals surface area contributed by atoms with Gasteiger partial charge in [-0.2, -0.15) is 13.2 Å². The van der Waals surface area contributed by atoms with E-state index < -0.39 is 27.3 Å². The molecule has 0 aromatic carbocycles. The number of anilines is 1. The zero-order chi connectivity index (χ0) is 25.7. The van der Waals surface area contributed by atoms with Crippen molar-refractivity contribution in [3.8, 4) is 5.75 Å². The van der Waals surface area contributed by atoms with E-state index in [-0.39, 0.29) is 17.8 Å². The first-order valence-electron chi connectivity index (χ1n) is 11.9. The van der Waals surface area contributed by atoms with Gasteiger partial charge in [-0.05, 0) is 48.8 Å². The van der Waals surface area contributed by atoms with Crippen molar-refractivity contribution in [1.29, 1.82) is 0 Å². The van der Waals surface area contributed by atoms with Crippen LogP contribution in [0.2, 0.25) is 0 Å². The molecule has 3 aliphatic rings. The molecule has 0 radical (unpaired) electrons. The minimum absolute atomic E-state index is 0.0172. The number of alkyl halides is 3. The Kier molecular flexibility index (Phi) is 6.48. The van der Waals surface area contributed by atoms with Gasteiger partial charge < -0.3 is 9.64 Å². The molecule has 2 aromatic rings. The molecule has 36 heavy (non-hydrogen) atoms. The molecule has 0 N–H and O–H groups in total. The van der Waals surface area contributed by atoms with Gasteiger partial charge in [0.2, 0.25) is 0 Å². The van der Waals surface area contributed by atoms with Crippen LogP contribution >= 0.6 is 0 Å². The molecule has 1 fully saturated rings. The average Bonchev–Trinajstić information content (AvgIpc) is 3.27. The zero-order valence-corrected chi connectivity index (χ0v) is 20.7. The van der Waals surface area contributed by atoms with E-state index >= 15 is 0 Å². The fourth-order valence-corrected chi connectivity index (χ4v) is 6.01. The number of hydrogen-bond donors (Lipinski definition) is 0. The summed E-state index contributed by atoms with van der Waals surface area (Å²) in [4.78, 5) is 10.1. The number of piperidine rings is 1. The third kappa shape index (κ3) is 5.08. The van der Waals surface area contributed by atoms with Crippen LogP contribution in [-0.2, 0) is 22.3 Å². The summed E-state index contributed by atoms with van der Waals surface area (Å²) in [5.74, 6) is 3.78. The van der Waals surface area contributed by atoms with Crippen molar-refractivity contribution in [2.24, 2.45) is 5.92 Å². The molecule has 0 aliphatic carbocycles. The number of fused-ring (bicyclic) bond motifs is 1. The van der Waals surface area contributed by atoms with E-state index in [1.54, 1.807) is 17.4 Å². The Morgan fingerprint density at radius 2 is 1.89 bits per heavy atom. The lowest BCUT2D eigenvalue weighted by molar-refractivity contribution is -0.138. The fourth-order valence-electron chi connectivity index (χ4n) is 5.15. The van der Waals surface area contributed by atoms with Crippen molar-refractivity contribution >= 4 is 27.0 Å². The molecule has 0 saturated carbocycles. The Morgan fingerprint density at radius 3 is 2.50 bits per heavy atom. The largest absolute Gasteiger partial charge is 0.488 e. The first kappa shape index (κ1) is 25.0. The second kappa shape index (κ2) is 9.33. The summed E-state index contributed by atoms with van der Waals surface area (Å²) >= 11 is 0. The molecule has 0 spiro atoms. The molecule has 2 atom stereocenters. The number of hydrogen-bond acceptors (Lipinski definition) is 5. The number of halogens is 4. The van der Waals surface area contributed by atoms with Crippen molar-refractivity contribution in [1.82, 2.24) is 14.3 Å². The maximum Gasteiger partial charge on any atom is 0.417 e. The quantitative estimate of drug-likeness (QED) is 0.443.